The van der Waals surface area contributed by atoms with Crippen molar-refractivity contribution in [2.45, 2.75) is 0 Å². The van der Waals surface area contributed by atoms with E-state index in [0.717, 1.165) is 21.0 Å². The molecule has 2 heterocycles. The highest BCUT2D eigenvalue weighted by atomic mass is 32.1. The fourth-order valence-electron chi connectivity index (χ4n) is 2.35. The first-order valence-electron chi connectivity index (χ1n) is 7.09. The monoisotopic (exact) mass is 359 g/mol. The van der Waals surface area contributed by atoms with Crippen molar-refractivity contribution in [3.8, 4) is 0 Å². The van der Waals surface area contributed by atoms with Gasteiger partial charge in [-0.1, -0.05) is 18.2 Å². The summed E-state index contributed by atoms with van der Waals surface area (Å²) < 4.78 is 0.987. The summed E-state index contributed by atoms with van der Waals surface area (Å²) in [7, 11) is 2.78. The number of benzene rings is 1. The molecule has 2 aromatic heterocycles. The molecule has 8 nitrogen and oxygen atoms in total. The molecular formula is C16H13N3O5S. The molecule has 0 bridgehead atoms. The van der Waals surface area contributed by atoms with Crippen LogP contribution in [0.3, 0.4) is 0 Å². The Bertz CT molecular complexity index is 991. The van der Waals surface area contributed by atoms with E-state index in [1.807, 2.05) is 0 Å². The summed E-state index contributed by atoms with van der Waals surface area (Å²) >= 11 is 1.01. The predicted molar refractivity (Wildman–Crippen MR) is 90.0 cm³/mol. The van der Waals surface area contributed by atoms with E-state index in [-0.39, 0.29) is 16.3 Å². The van der Waals surface area contributed by atoms with Crippen LogP contribution in [-0.2, 0) is 4.84 Å². The number of thiazole rings is 1. The van der Waals surface area contributed by atoms with Crippen molar-refractivity contribution < 1.29 is 24.3 Å². The zero-order chi connectivity index (χ0) is 18.1. The molecule has 0 atom stereocenters. The zero-order valence-electron chi connectivity index (χ0n) is 13.3. The van der Waals surface area contributed by atoms with Gasteiger partial charge in [0.05, 0.1) is 18.2 Å². The number of hydrogen-bond acceptors (Lipinski definition) is 6. The Morgan fingerprint density at radius 2 is 2.00 bits per heavy atom. The molecule has 0 saturated carbocycles. The summed E-state index contributed by atoms with van der Waals surface area (Å²) in [6, 6.07) is 6.69. The van der Waals surface area contributed by atoms with Crippen LogP contribution in [-0.4, -0.2) is 51.7 Å². The molecule has 0 aliphatic heterocycles. The lowest BCUT2D eigenvalue weighted by atomic mass is 10.1. The maximum Gasteiger partial charge on any atom is 0.416 e. The van der Waals surface area contributed by atoms with Gasteiger partial charge in [-0.05, 0) is 6.07 Å². The van der Waals surface area contributed by atoms with E-state index < -0.39 is 17.8 Å². The molecule has 3 aromatic rings. The van der Waals surface area contributed by atoms with Crippen molar-refractivity contribution in [2.75, 3.05) is 14.2 Å². The van der Waals surface area contributed by atoms with E-state index in [0.29, 0.717) is 10.9 Å². The fraction of sp³-hybridized carbons (Fsp3) is 0.125. The maximum absolute atomic E-state index is 12.8. The number of ketones is 1. The van der Waals surface area contributed by atoms with Gasteiger partial charge in [0, 0.05) is 24.0 Å². The van der Waals surface area contributed by atoms with E-state index in [1.165, 1.54) is 25.7 Å². The van der Waals surface area contributed by atoms with Crippen LogP contribution in [0.15, 0.2) is 35.8 Å². The lowest BCUT2D eigenvalue weighted by Crippen LogP contribution is -2.25. The van der Waals surface area contributed by atoms with E-state index in [9.17, 15) is 19.5 Å². The number of para-hydroxylation sites is 1. The van der Waals surface area contributed by atoms with Gasteiger partial charge >= 0.3 is 6.09 Å². The normalized spacial score (nSPS) is 10.8. The first-order valence-corrected chi connectivity index (χ1v) is 7.97. The Kier molecular flexibility index (Phi) is 4.34. The first-order chi connectivity index (χ1) is 11.9. The fourth-order valence-corrected chi connectivity index (χ4v) is 3.10. The number of aromatic nitrogens is 2. The summed E-state index contributed by atoms with van der Waals surface area (Å²) in [5.41, 5.74) is 0.705. The third kappa shape index (κ3) is 2.90. The van der Waals surface area contributed by atoms with Gasteiger partial charge in [0.2, 0.25) is 5.78 Å². The van der Waals surface area contributed by atoms with Gasteiger partial charge in [0.1, 0.15) is 5.69 Å². The second-order valence-electron chi connectivity index (χ2n) is 5.06. The minimum Gasteiger partial charge on any atom is -0.464 e. The molecule has 1 aromatic carbocycles. The van der Waals surface area contributed by atoms with Gasteiger partial charge in [-0.3, -0.25) is 19.0 Å². The Balaban J connectivity index is 2.02. The van der Waals surface area contributed by atoms with Gasteiger partial charge in [-0.25, -0.2) is 14.8 Å². The molecule has 25 heavy (non-hydrogen) atoms. The molecule has 0 spiro atoms. The number of carbonyl (C=O) groups excluding carboxylic acids is 2. The van der Waals surface area contributed by atoms with Crippen LogP contribution in [0, 0.1) is 0 Å². The quantitative estimate of drug-likeness (QED) is 0.567. The summed E-state index contributed by atoms with van der Waals surface area (Å²) in [6.07, 6.45) is 0.0754. The number of hydroxylamine groups is 2. The highest BCUT2D eigenvalue weighted by Crippen LogP contribution is 2.25. The van der Waals surface area contributed by atoms with Gasteiger partial charge in [-0.2, -0.15) is 0 Å². The van der Waals surface area contributed by atoms with Crippen LogP contribution in [0.25, 0.3) is 10.9 Å². The Morgan fingerprint density at radius 3 is 2.68 bits per heavy atom. The van der Waals surface area contributed by atoms with Crippen molar-refractivity contribution in [3.05, 3.63) is 52.1 Å². The Hall–Kier alpha value is -3.04. The highest BCUT2D eigenvalue weighted by Gasteiger charge is 2.23. The molecule has 1 amide bonds. The van der Waals surface area contributed by atoms with Gasteiger partial charge in [0.25, 0.3) is 5.91 Å². The second kappa shape index (κ2) is 6.46. The highest BCUT2D eigenvalue weighted by molar-refractivity contribution is 7.12. The molecule has 0 radical (unpaired) electrons. The molecule has 3 rings (SSSR count). The number of carboxylic acid groups (broad SMARTS) is 1. The largest absolute Gasteiger partial charge is 0.464 e. The van der Waals surface area contributed by atoms with E-state index in [4.69, 9.17) is 4.84 Å². The third-order valence-electron chi connectivity index (χ3n) is 3.64. The molecule has 0 unspecified atom stereocenters. The van der Waals surface area contributed by atoms with Gasteiger partial charge in [-0.15, -0.1) is 11.3 Å². The predicted octanol–water partition coefficient (Wildman–Crippen LogP) is 2.49. The Morgan fingerprint density at radius 1 is 1.28 bits per heavy atom. The zero-order valence-corrected chi connectivity index (χ0v) is 14.1. The maximum atomic E-state index is 12.8. The molecule has 0 fully saturated rings. The number of amides is 1. The van der Waals surface area contributed by atoms with E-state index in [2.05, 4.69) is 4.98 Å². The molecule has 0 aliphatic rings. The summed E-state index contributed by atoms with van der Waals surface area (Å²) in [5.74, 6) is -0.925. The standard InChI is InChI=1S/C16H13N3O5S/c1-18(24-2)15(21)11-8-25-14(17-11)13(20)10-7-19(16(22)23)12-6-4-3-5-9(10)12/h3-8H,1-2H3,(H,22,23). The molecule has 1 N–H and O–H groups in total. The summed E-state index contributed by atoms with van der Waals surface area (Å²) in [4.78, 5) is 45.0. The van der Waals surface area contributed by atoms with Crippen molar-refractivity contribution in [2.24, 2.45) is 0 Å². The lowest BCUT2D eigenvalue weighted by Gasteiger charge is -2.10. The van der Waals surface area contributed by atoms with Crippen LogP contribution in [0.2, 0.25) is 0 Å². The number of hydrogen-bond donors (Lipinski definition) is 1. The third-order valence-corrected chi connectivity index (χ3v) is 4.48. The van der Waals surface area contributed by atoms with E-state index in [1.54, 1.807) is 24.3 Å². The van der Waals surface area contributed by atoms with Crippen LogP contribution in [0.4, 0.5) is 4.79 Å². The van der Waals surface area contributed by atoms with Crippen LogP contribution >= 0.6 is 11.3 Å². The lowest BCUT2D eigenvalue weighted by molar-refractivity contribution is -0.0760. The minimum atomic E-state index is -1.19. The molecule has 128 valence electrons. The molecule has 9 heteroatoms. The number of nitrogens with zero attached hydrogens (tertiary/aromatic N) is 3. The molecule has 0 aliphatic carbocycles. The van der Waals surface area contributed by atoms with Crippen molar-refractivity contribution in [1.29, 1.82) is 0 Å². The van der Waals surface area contributed by atoms with E-state index >= 15 is 0 Å². The number of rotatable bonds is 4. The average molecular weight is 359 g/mol. The topological polar surface area (TPSA) is 102 Å². The van der Waals surface area contributed by atoms with Crippen molar-refractivity contribution >= 4 is 40.0 Å². The second-order valence-corrected chi connectivity index (χ2v) is 5.92. The summed E-state index contributed by atoms with van der Waals surface area (Å²) in [6.45, 7) is 0. The Labute approximate surface area is 145 Å². The number of fused-ring (bicyclic) bond motifs is 1. The van der Waals surface area contributed by atoms with Crippen LogP contribution < -0.4 is 0 Å². The molecular weight excluding hydrogens is 346 g/mol. The first kappa shape index (κ1) is 16.8. The summed E-state index contributed by atoms with van der Waals surface area (Å²) in [5, 5.41) is 12.4. The average Bonchev–Trinajstić information content (AvgIpc) is 3.25. The van der Waals surface area contributed by atoms with Gasteiger partial charge < -0.3 is 5.11 Å². The van der Waals surface area contributed by atoms with Crippen molar-refractivity contribution in [1.82, 2.24) is 14.6 Å². The van der Waals surface area contributed by atoms with Crippen molar-refractivity contribution in [3.63, 3.8) is 0 Å². The number of carbonyl (C=O) groups is 3. The smallest absolute Gasteiger partial charge is 0.416 e. The molecule has 0 saturated heterocycles. The van der Waals surface area contributed by atoms with Crippen LogP contribution in [0.5, 0.6) is 0 Å². The van der Waals surface area contributed by atoms with Crippen LogP contribution in [0.1, 0.15) is 25.9 Å². The SMILES string of the molecule is CON(C)C(=O)c1csc(C(=O)c2cn(C(=O)O)c3ccccc23)n1. The minimum absolute atomic E-state index is 0.0830. The van der Waals surface area contributed by atoms with Gasteiger partial charge in [0.15, 0.2) is 5.01 Å².